The number of hydrazone groups is 1. The van der Waals surface area contributed by atoms with Crippen LogP contribution in [0.15, 0.2) is 52.2 Å². The highest BCUT2D eigenvalue weighted by Gasteiger charge is 2.35. The maximum absolute atomic E-state index is 12.8. The van der Waals surface area contributed by atoms with Gasteiger partial charge >= 0.3 is 5.97 Å². The number of amides is 1. The van der Waals surface area contributed by atoms with Crippen LogP contribution in [0.1, 0.15) is 55.9 Å². The first-order valence-corrected chi connectivity index (χ1v) is 10.3. The van der Waals surface area contributed by atoms with E-state index in [4.69, 9.17) is 20.8 Å². The number of carbonyl (C=O) groups is 2. The molecule has 0 saturated heterocycles. The van der Waals surface area contributed by atoms with Crippen LogP contribution in [0.3, 0.4) is 0 Å². The van der Waals surface area contributed by atoms with Crippen molar-refractivity contribution in [1.29, 1.82) is 0 Å². The summed E-state index contributed by atoms with van der Waals surface area (Å²) in [5, 5.41) is 6.52. The minimum absolute atomic E-state index is 0.319. The number of hydrogen-bond donors (Lipinski definition) is 0. The topological polar surface area (TPSA) is 72.1 Å². The molecule has 4 rings (SSSR count). The molecular formula is C22H23ClN2O4. The fraction of sp³-hybridized carbons (Fsp3) is 0.409. The molecule has 1 saturated carbocycles. The Morgan fingerprint density at radius 1 is 1.17 bits per heavy atom. The fourth-order valence-corrected chi connectivity index (χ4v) is 4.10. The van der Waals surface area contributed by atoms with Gasteiger partial charge in [-0.2, -0.15) is 5.10 Å². The van der Waals surface area contributed by atoms with Crippen molar-refractivity contribution >= 4 is 29.2 Å². The van der Waals surface area contributed by atoms with Crippen molar-refractivity contribution in [1.82, 2.24) is 5.01 Å². The van der Waals surface area contributed by atoms with Crippen LogP contribution in [0.25, 0.3) is 0 Å². The van der Waals surface area contributed by atoms with Crippen LogP contribution in [0.2, 0.25) is 5.02 Å². The molecule has 2 aliphatic rings. The summed E-state index contributed by atoms with van der Waals surface area (Å²) >= 11 is 5.97. The van der Waals surface area contributed by atoms with Gasteiger partial charge in [-0.05, 0) is 48.6 Å². The van der Waals surface area contributed by atoms with E-state index in [0.29, 0.717) is 29.5 Å². The Morgan fingerprint density at radius 2 is 1.93 bits per heavy atom. The molecule has 2 heterocycles. The average molecular weight is 415 g/mol. The predicted molar refractivity (Wildman–Crippen MR) is 108 cm³/mol. The zero-order valence-corrected chi connectivity index (χ0v) is 16.8. The standard InChI is InChI=1S/C22H23ClN2O4/c23-17-9-7-16(8-10-17)18-13-19(20-6-3-11-28-20)25(24-18)21(26)14-29-22(27)12-15-4-1-2-5-15/h3,6-11,15,19H,1-2,4-5,12-14H2/t19-/m0/s1. The summed E-state index contributed by atoms with van der Waals surface area (Å²) < 4.78 is 10.8. The van der Waals surface area contributed by atoms with Gasteiger partial charge in [0.2, 0.25) is 0 Å². The predicted octanol–water partition coefficient (Wildman–Crippen LogP) is 4.73. The molecule has 0 radical (unpaired) electrons. The van der Waals surface area contributed by atoms with E-state index in [0.717, 1.165) is 37.0 Å². The van der Waals surface area contributed by atoms with Crippen molar-refractivity contribution in [2.45, 2.75) is 44.6 Å². The van der Waals surface area contributed by atoms with Gasteiger partial charge in [0, 0.05) is 17.9 Å². The van der Waals surface area contributed by atoms with Crippen LogP contribution in [0.5, 0.6) is 0 Å². The van der Waals surface area contributed by atoms with Gasteiger partial charge in [-0.25, -0.2) is 5.01 Å². The molecule has 1 fully saturated rings. The molecular weight excluding hydrogens is 392 g/mol. The lowest BCUT2D eigenvalue weighted by Crippen LogP contribution is -2.31. The average Bonchev–Trinajstić information content (AvgIpc) is 3.47. The first kappa shape index (κ1) is 19.7. The summed E-state index contributed by atoms with van der Waals surface area (Å²) in [5.41, 5.74) is 1.65. The molecule has 0 spiro atoms. The van der Waals surface area contributed by atoms with E-state index in [9.17, 15) is 9.59 Å². The Kier molecular flexibility index (Phi) is 6.00. The van der Waals surface area contributed by atoms with E-state index in [1.54, 1.807) is 24.5 Å². The normalized spacial score (nSPS) is 19.4. The van der Waals surface area contributed by atoms with Gasteiger partial charge in [0.25, 0.3) is 5.91 Å². The van der Waals surface area contributed by atoms with E-state index < -0.39 is 0 Å². The molecule has 152 valence electrons. The number of nitrogens with zero attached hydrogens (tertiary/aromatic N) is 2. The second kappa shape index (κ2) is 8.82. The van der Waals surface area contributed by atoms with Crippen LogP contribution >= 0.6 is 11.6 Å². The number of carbonyl (C=O) groups excluding carboxylic acids is 2. The maximum atomic E-state index is 12.8. The van der Waals surface area contributed by atoms with Crippen molar-refractivity contribution in [2.24, 2.45) is 11.0 Å². The minimum atomic E-state index is -0.366. The first-order chi connectivity index (χ1) is 14.1. The van der Waals surface area contributed by atoms with Crippen molar-refractivity contribution in [2.75, 3.05) is 6.61 Å². The summed E-state index contributed by atoms with van der Waals surface area (Å²) in [5.74, 6) is 0.342. The van der Waals surface area contributed by atoms with E-state index in [-0.39, 0.29) is 24.5 Å². The fourth-order valence-electron chi connectivity index (χ4n) is 3.98. The monoisotopic (exact) mass is 414 g/mol. The number of furan rings is 1. The number of ether oxygens (including phenoxy) is 1. The third kappa shape index (κ3) is 4.70. The van der Waals surface area contributed by atoms with Gasteiger partial charge in [0.15, 0.2) is 6.61 Å². The molecule has 2 aromatic rings. The van der Waals surface area contributed by atoms with E-state index in [1.165, 1.54) is 5.01 Å². The number of halogens is 1. The van der Waals surface area contributed by atoms with E-state index in [2.05, 4.69) is 5.10 Å². The Morgan fingerprint density at radius 3 is 2.62 bits per heavy atom. The second-order valence-electron chi connectivity index (χ2n) is 7.54. The number of hydrogen-bond acceptors (Lipinski definition) is 5. The lowest BCUT2D eigenvalue weighted by molar-refractivity contribution is -0.153. The molecule has 1 aliphatic heterocycles. The Labute approximate surface area is 174 Å². The van der Waals surface area contributed by atoms with Crippen molar-refractivity contribution in [3.05, 3.63) is 59.0 Å². The third-order valence-electron chi connectivity index (χ3n) is 5.50. The summed E-state index contributed by atoms with van der Waals surface area (Å²) in [7, 11) is 0. The highest BCUT2D eigenvalue weighted by Crippen LogP contribution is 2.33. The highest BCUT2D eigenvalue weighted by molar-refractivity contribution is 6.30. The second-order valence-corrected chi connectivity index (χ2v) is 7.98. The van der Waals surface area contributed by atoms with Gasteiger partial charge in [-0.15, -0.1) is 0 Å². The first-order valence-electron chi connectivity index (χ1n) is 9.94. The van der Waals surface area contributed by atoms with E-state index in [1.807, 2.05) is 18.2 Å². The van der Waals surface area contributed by atoms with Crippen LogP contribution in [-0.2, 0) is 14.3 Å². The molecule has 1 aromatic heterocycles. The van der Waals surface area contributed by atoms with Gasteiger partial charge in [-0.1, -0.05) is 36.6 Å². The smallest absolute Gasteiger partial charge is 0.306 e. The van der Waals surface area contributed by atoms with Crippen molar-refractivity contribution in [3.63, 3.8) is 0 Å². The van der Waals surface area contributed by atoms with E-state index >= 15 is 0 Å². The third-order valence-corrected chi connectivity index (χ3v) is 5.75. The van der Waals surface area contributed by atoms with Crippen LogP contribution in [-0.4, -0.2) is 29.2 Å². The zero-order valence-electron chi connectivity index (χ0n) is 16.1. The summed E-state index contributed by atoms with van der Waals surface area (Å²) in [6, 6.07) is 10.5. The molecule has 6 nitrogen and oxygen atoms in total. The van der Waals surface area contributed by atoms with Gasteiger partial charge in [-0.3, -0.25) is 9.59 Å². The zero-order chi connectivity index (χ0) is 20.2. The molecule has 1 amide bonds. The quantitative estimate of drug-likeness (QED) is 0.640. The SMILES string of the molecule is O=C(CC1CCCC1)OCC(=O)N1N=C(c2ccc(Cl)cc2)C[C@H]1c1ccco1. The lowest BCUT2D eigenvalue weighted by atomic mass is 10.0. The highest BCUT2D eigenvalue weighted by atomic mass is 35.5. The summed E-state index contributed by atoms with van der Waals surface area (Å²) in [6.07, 6.45) is 6.91. The van der Waals surface area contributed by atoms with Crippen LogP contribution < -0.4 is 0 Å². The maximum Gasteiger partial charge on any atom is 0.306 e. The Balaban J connectivity index is 1.44. The summed E-state index contributed by atoms with van der Waals surface area (Å²) in [6.45, 7) is -0.319. The Bertz CT molecular complexity index is 886. The number of benzene rings is 1. The van der Waals surface area contributed by atoms with Crippen molar-refractivity contribution < 1.29 is 18.7 Å². The van der Waals surface area contributed by atoms with Gasteiger partial charge < -0.3 is 9.15 Å². The number of esters is 1. The van der Waals surface area contributed by atoms with Gasteiger partial charge in [0.05, 0.1) is 12.0 Å². The molecule has 1 atom stereocenters. The molecule has 0 N–H and O–H groups in total. The lowest BCUT2D eigenvalue weighted by Gasteiger charge is -2.19. The molecule has 0 bridgehead atoms. The molecule has 0 unspecified atom stereocenters. The van der Waals surface area contributed by atoms with Crippen LogP contribution in [0.4, 0.5) is 0 Å². The minimum Gasteiger partial charge on any atom is -0.467 e. The van der Waals surface area contributed by atoms with Crippen molar-refractivity contribution in [3.8, 4) is 0 Å². The number of rotatable bonds is 6. The van der Waals surface area contributed by atoms with Gasteiger partial charge in [0.1, 0.15) is 11.8 Å². The summed E-state index contributed by atoms with van der Waals surface area (Å²) in [4.78, 5) is 24.9. The van der Waals surface area contributed by atoms with Crippen LogP contribution in [0, 0.1) is 5.92 Å². The Hall–Kier alpha value is -2.60. The molecule has 1 aliphatic carbocycles. The molecule has 1 aromatic carbocycles. The molecule has 29 heavy (non-hydrogen) atoms. The largest absolute Gasteiger partial charge is 0.467 e. The molecule has 7 heteroatoms.